The number of hydrogen-bond donors (Lipinski definition) is 0. The maximum absolute atomic E-state index is 5.91. The first kappa shape index (κ1) is 18.5. The van der Waals surface area contributed by atoms with Gasteiger partial charge in [-0.3, -0.25) is 0 Å². The summed E-state index contributed by atoms with van der Waals surface area (Å²) in [5, 5.41) is 0. The van der Waals surface area contributed by atoms with E-state index in [1.807, 2.05) is 0 Å². The molecule has 2 aliphatic rings. The maximum atomic E-state index is 5.91. The van der Waals surface area contributed by atoms with Gasteiger partial charge in [-0.1, -0.05) is 0 Å². The molecule has 5 heteroatoms. The van der Waals surface area contributed by atoms with Gasteiger partial charge < -0.3 is 0 Å². The zero-order chi connectivity index (χ0) is 19.1. The second-order valence-corrected chi connectivity index (χ2v) is 11.2. The van der Waals surface area contributed by atoms with Crippen LogP contribution in [0.1, 0.15) is 38.8 Å². The van der Waals surface area contributed by atoms with Gasteiger partial charge in [-0.05, 0) is 0 Å². The summed E-state index contributed by atoms with van der Waals surface area (Å²) in [5.41, 5.74) is 1.93. The van der Waals surface area contributed by atoms with E-state index in [0.717, 1.165) is 22.9 Å². The van der Waals surface area contributed by atoms with Gasteiger partial charge in [0.1, 0.15) is 0 Å². The number of aliphatic imine (C=N–C) groups is 2. The van der Waals surface area contributed by atoms with Crippen LogP contribution in [0.25, 0.3) is 0 Å². The van der Waals surface area contributed by atoms with Crippen LogP contribution in [0, 0.1) is 0 Å². The second kappa shape index (κ2) is 6.96. The monoisotopic (exact) mass is 478 g/mol. The molecular formula is C22H24N2O2Te. The van der Waals surface area contributed by atoms with E-state index in [4.69, 9.17) is 19.5 Å². The molecule has 2 aliphatic heterocycles. The molecule has 0 aliphatic carbocycles. The fourth-order valence-electron chi connectivity index (χ4n) is 3.03. The fourth-order valence-corrected chi connectivity index (χ4v) is 6.06. The molecule has 27 heavy (non-hydrogen) atoms. The van der Waals surface area contributed by atoms with Crippen LogP contribution in [0.4, 0.5) is 0 Å². The molecule has 2 aromatic rings. The third kappa shape index (κ3) is 4.05. The van der Waals surface area contributed by atoms with Gasteiger partial charge in [0.05, 0.1) is 0 Å². The summed E-state index contributed by atoms with van der Waals surface area (Å²) < 4.78 is 14.5. The van der Waals surface area contributed by atoms with Crippen molar-refractivity contribution in [3.63, 3.8) is 0 Å². The van der Waals surface area contributed by atoms with Crippen molar-refractivity contribution in [2.75, 3.05) is 13.2 Å². The SMILES string of the molecule is CC1(C)COC(c2ccccc2[Te]c2ccccc2C2=NC(C)(C)CO2)=N1. The van der Waals surface area contributed by atoms with Crippen LogP contribution in [0.3, 0.4) is 0 Å². The first-order valence-electron chi connectivity index (χ1n) is 9.15. The van der Waals surface area contributed by atoms with Crippen LogP contribution in [0.5, 0.6) is 0 Å². The zero-order valence-corrected chi connectivity index (χ0v) is 18.5. The van der Waals surface area contributed by atoms with Crippen LogP contribution in [0.15, 0.2) is 58.5 Å². The van der Waals surface area contributed by atoms with Crippen LogP contribution >= 0.6 is 0 Å². The fraction of sp³-hybridized carbons (Fsp3) is 0.364. The molecule has 0 aromatic heterocycles. The van der Waals surface area contributed by atoms with Gasteiger partial charge in [-0.15, -0.1) is 0 Å². The Morgan fingerprint density at radius 3 is 1.48 bits per heavy atom. The molecule has 0 spiro atoms. The van der Waals surface area contributed by atoms with E-state index in [-0.39, 0.29) is 11.1 Å². The summed E-state index contributed by atoms with van der Waals surface area (Å²) in [5.74, 6) is 1.54. The third-order valence-corrected chi connectivity index (χ3v) is 7.67. The molecule has 0 N–H and O–H groups in total. The van der Waals surface area contributed by atoms with Crippen molar-refractivity contribution in [1.29, 1.82) is 0 Å². The Labute approximate surface area is 170 Å². The molecule has 0 bridgehead atoms. The van der Waals surface area contributed by atoms with Crippen molar-refractivity contribution in [1.82, 2.24) is 0 Å². The van der Waals surface area contributed by atoms with E-state index in [1.54, 1.807) is 0 Å². The van der Waals surface area contributed by atoms with Gasteiger partial charge in [0.2, 0.25) is 0 Å². The van der Waals surface area contributed by atoms with E-state index in [2.05, 4.69) is 76.2 Å². The Kier molecular flexibility index (Phi) is 4.78. The van der Waals surface area contributed by atoms with Crippen LogP contribution < -0.4 is 7.22 Å². The van der Waals surface area contributed by atoms with Gasteiger partial charge >= 0.3 is 171 Å². The molecule has 0 atom stereocenters. The van der Waals surface area contributed by atoms with Crippen molar-refractivity contribution in [2.24, 2.45) is 9.98 Å². The average molecular weight is 476 g/mol. The zero-order valence-electron chi connectivity index (χ0n) is 16.2. The summed E-state index contributed by atoms with van der Waals surface area (Å²) in [6.07, 6.45) is 0. The van der Waals surface area contributed by atoms with Crippen LogP contribution in [0.2, 0.25) is 0 Å². The number of benzene rings is 2. The van der Waals surface area contributed by atoms with E-state index >= 15 is 0 Å². The normalized spacial score (nSPS) is 19.9. The minimum absolute atomic E-state index is 0.154. The Morgan fingerprint density at radius 2 is 1.11 bits per heavy atom. The van der Waals surface area contributed by atoms with Crippen molar-refractivity contribution in [3.05, 3.63) is 59.7 Å². The number of hydrogen-bond acceptors (Lipinski definition) is 4. The molecule has 4 rings (SSSR count). The van der Waals surface area contributed by atoms with Crippen LogP contribution in [-0.4, -0.2) is 57.0 Å². The standard InChI is InChI=1S/C22H24N2O2Te/c1-21(2)13-25-19(23-21)15-9-5-7-11-17(15)27-18-12-8-6-10-16(18)20-24-22(3,4)14-26-20/h5-12H,13-14H2,1-4H3. The van der Waals surface area contributed by atoms with Gasteiger partial charge in [0.15, 0.2) is 0 Å². The number of rotatable bonds is 4. The Balaban J connectivity index is 1.69. The molecule has 0 amide bonds. The topological polar surface area (TPSA) is 43.2 Å². The predicted octanol–water partition coefficient (Wildman–Crippen LogP) is 2.45. The van der Waals surface area contributed by atoms with Gasteiger partial charge in [0.25, 0.3) is 0 Å². The van der Waals surface area contributed by atoms with Gasteiger partial charge in [0, 0.05) is 0 Å². The van der Waals surface area contributed by atoms with E-state index in [1.165, 1.54) is 7.22 Å². The van der Waals surface area contributed by atoms with Gasteiger partial charge in [-0.25, -0.2) is 0 Å². The van der Waals surface area contributed by atoms with Gasteiger partial charge in [-0.2, -0.15) is 0 Å². The van der Waals surface area contributed by atoms with Crippen molar-refractivity contribution >= 4 is 39.9 Å². The Bertz CT molecular complexity index is 856. The van der Waals surface area contributed by atoms with Crippen molar-refractivity contribution < 1.29 is 9.47 Å². The molecule has 0 radical (unpaired) electrons. The number of nitrogens with zero attached hydrogens (tertiary/aromatic N) is 2. The van der Waals surface area contributed by atoms with E-state index < -0.39 is 20.9 Å². The summed E-state index contributed by atoms with van der Waals surface area (Å²) in [4.78, 5) is 9.56. The second-order valence-electron chi connectivity index (χ2n) is 8.13. The molecule has 0 unspecified atom stereocenters. The Morgan fingerprint density at radius 1 is 0.704 bits per heavy atom. The molecule has 0 fully saturated rings. The summed E-state index contributed by atoms with van der Waals surface area (Å²) in [6, 6.07) is 17.0. The average Bonchev–Trinajstić information content (AvgIpc) is 3.17. The molecule has 0 saturated heterocycles. The predicted molar refractivity (Wildman–Crippen MR) is 111 cm³/mol. The first-order chi connectivity index (χ1) is 12.8. The van der Waals surface area contributed by atoms with Crippen LogP contribution in [-0.2, 0) is 9.47 Å². The first-order valence-corrected chi connectivity index (χ1v) is 11.5. The molecule has 140 valence electrons. The molecule has 0 saturated carbocycles. The summed E-state index contributed by atoms with van der Waals surface area (Å²) in [6.45, 7) is 9.68. The quantitative estimate of drug-likeness (QED) is 0.637. The minimum atomic E-state index is -0.655. The van der Waals surface area contributed by atoms with E-state index in [0.29, 0.717) is 13.2 Å². The van der Waals surface area contributed by atoms with Crippen molar-refractivity contribution in [3.8, 4) is 0 Å². The summed E-state index contributed by atoms with van der Waals surface area (Å²) >= 11 is -0.655. The Hall–Kier alpha value is -1.83. The number of ether oxygens (including phenoxy) is 2. The van der Waals surface area contributed by atoms with E-state index in [9.17, 15) is 0 Å². The molecule has 2 aromatic carbocycles. The molecule has 2 heterocycles. The third-order valence-electron chi connectivity index (χ3n) is 4.39. The molecular weight excluding hydrogens is 452 g/mol. The summed E-state index contributed by atoms with van der Waals surface area (Å²) in [7, 11) is 0. The van der Waals surface area contributed by atoms with Crippen molar-refractivity contribution in [2.45, 2.75) is 38.8 Å². The molecule has 4 nitrogen and oxygen atoms in total.